The summed E-state index contributed by atoms with van der Waals surface area (Å²) in [5.41, 5.74) is -4.78. The van der Waals surface area contributed by atoms with Crippen LogP contribution in [0, 0.1) is 40.7 Å². The summed E-state index contributed by atoms with van der Waals surface area (Å²) in [5.74, 6) is -14.7. The summed E-state index contributed by atoms with van der Waals surface area (Å²) in [5, 5.41) is 25.2. The molecule has 7 nitrogen and oxygen atoms in total. The third-order valence-electron chi connectivity index (χ3n) is 5.33. The highest BCUT2D eigenvalue weighted by Gasteiger charge is 2.42. The molecule has 1 N–H and O–H groups in total. The average Bonchev–Trinajstić information content (AvgIpc) is 3.48. The number of aliphatic hydroxyl groups is 1. The molecule has 178 valence electrons. The van der Waals surface area contributed by atoms with Gasteiger partial charge in [0.05, 0.1) is 18.0 Å². The van der Waals surface area contributed by atoms with Gasteiger partial charge in [-0.2, -0.15) is 0 Å². The van der Waals surface area contributed by atoms with Crippen molar-refractivity contribution in [2.75, 3.05) is 0 Å². The van der Waals surface area contributed by atoms with E-state index in [0.29, 0.717) is 6.07 Å². The van der Waals surface area contributed by atoms with Gasteiger partial charge in [-0.1, -0.05) is 18.1 Å². The molecule has 0 saturated carbocycles. The summed E-state index contributed by atoms with van der Waals surface area (Å²) in [6.45, 7) is 0.804. The molecule has 0 aliphatic carbocycles. The predicted octanol–water partition coefficient (Wildman–Crippen LogP) is 3.99. The minimum absolute atomic E-state index is 0.321. The Morgan fingerprint density at radius 3 is 2.21 bits per heavy atom. The Morgan fingerprint density at radius 2 is 1.62 bits per heavy atom. The molecule has 0 aliphatic heterocycles. The molecule has 2 atom stereocenters. The molecule has 0 unspecified atom stereocenters. The molecule has 2 heterocycles. The van der Waals surface area contributed by atoms with Crippen LogP contribution in [0.15, 0.2) is 35.1 Å². The van der Waals surface area contributed by atoms with Gasteiger partial charge in [0, 0.05) is 17.7 Å². The van der Waals surface area contributed by atoms with Crippen LogP contribution in [0.25, 0.3) is 11.3 Å². The van der Waals surface area contributed by atoms with Crippen molar-refractivity contribution < 1.29 is 40.4 Å². The van der Waals surface area contributed by atoms with E-state index in [-0.39, 0.29) is 5.76 Å². The summed E-state index contributed by atoms with van der Waals surface area (Å²) in [4.78, 5) is 0. The maximum atomic E-state index is 14.6. The first kappa shape index (κ1) is 23.4. The number of rotatable bonds is 6. The van der Waals surface area contributed by atoms with Gasteiger partial charge >= 0.3 is 0 Å². The fourth-order valence-corrected chi connectivity index (χ4v) is 3.47. The smallest absolute Gasteiger partial charge is 0.200 e. The second kappa shape index (κ2) is 8.52. The van der Waals surface area contributed by atoms with Crippen molar-refractivity contribution in [2.24, 2.45) is 0 Å². The van der Waals surface area contributed by atoms with E-state index in [1.165, 1.54) is 6.92 Å². The maximum absolute atomic E-state index is 14.6. The van der Waals surface area contributed by atoms with Crippen LogP contribution >= 0.6 is 0 Å². The average molecular weight is 487 g/mol. The first-order valence-corrected chi connectivity index (χ1v) is 9.41. The van der Waals surface area contributed by atoms with Crippen molar-refractivity contribution in [3.63, 3.8) is 0 Å². The fraction of sp³-hybridized carbons (Fsp3) is 0.200. The molecule has 14 heteroatoms. The zero-order chi connectivity index (χ0) is 24.8. The van der Waals surface area contributed by atoms with E-state index in [9.17, 15) is 35.8 Å². The van der Waals surface area contributed by atoms with Crippen molar-refractivity contribution in [3.8, 4) is 11.3 Å². The highest BCUT2D eigenvalue weighted by Crippen LogP contribution is 2.41. The first-order chi connectivity index (χ1) is 16.0. The lowest BCUT2D eigenvalue weighted by Gasteiger charge is -2.33. The van der Waals surface area contributed by atoms with Crippen LogP contribution in [0.2, 0.25) is 0 Å². The molecular formula is C20H12F7N5O2. The molecule has 0 aliphatic rings. The maximum Gasteiger partial charge on any atom is 0.200 e. The standard InChI is InChI=1S/C20H12F7N5O2/c1-8(13-5-12(29-34-13)14-15(23)17(25)19(27)18(26)16(14)24)20(33,6-32-7-28-30-31-32)10-3-2-9(21)4-11(10)22/h2-5,7-8,33H,6H2,1H3/t8-,20+/m0/s1. The van der Waals surface area contributed by atoms with Crippen LogP contribution in [-0.4, -0.2) is 30.5 Å². The minimum Gasteiger partial charge on any atom is -0.382 e. The number of benzene rings is 2. The van der Waals surface area contributed by atoms with E-state index >= 15 is 0 Å². The molecule has 4 rings (SSSR count). The van der Waals surface area contributed by atoms with Crippen molar-refractivity contribution in [1.82, 2.24) is 25.4 Å². The fourth-order valence-electron chi connectivity index (χ4n) is 3.47. The second-order valence-corrected chi connectivity index (χ2v) is 7.34. The molecule has 0 radical (unpaired) electrons. The number of hydrogen-bond donors (Lipinski definition) is 1. The Balaban J connectivity index is 1.81. The molecule has 2 aromatic heterocycles. The highest BCUT2D eigenvalue weighted by atomic mass is 19.2. The first-order valence-electron chi connectivity index (χ1n) is 9.41. The zero-order valence-corrected chi connectivity index (χ0v) is 16.9. The van der Waals surface area contributed by atoms with Crippen LogP contribution in [0.5, 0.6) is 0 Å². The molecule has 0 saturated heterocycles. The Kier molecular flexibility index (Phi) is 5.85. The number of hydrogen-bond acceptors (Lipinski definition) is 6. The number of tetrazole rings is 1. The lowest BCUT2D eigenvalue weighted by molar-refractivity contribution is -0.0185. The van der Waals surface area contributed by atoms with E-state index in [1.807, 2.05) is 0 Å². The lowest BCUT2D eigenvalue weighted by atomic mass is 9.80. The monoisotopic (exact) mass is 487 g/mol. The summed E-state index contributed by atoms with van der Waals surface area (Å²) < 4.78 is 103. The summed E-state index contributed by atoms with van der Waals surface area (Å²) in [6, 6.07) is 3.20. The van der Waals surface area contributed by atoms with Crippen molar-refractivity contribution >= 4 is 0 Å². The highest BCUT2D eigenvalue weighted by molar-refractivity contribution is 5.61. The van der Waals surface area contributed by atoms with Gasteiger partial charge in [0.25, 0.3) is 0 Å². The Labute approximate surface area is 185 Å². The Hall–Kier alpha value is -3.81. The predicted molar refractivity (Wildman–Crippen MR) is 98.2 cm³/mol. The summed E-state index contributed by atoms with van der Waals surface area (Å²) >= 11 is 0. The van der Waals surface area contributed by atoms with Crippen LogP contribution < -0.4 is 0 Å². The molecule has 34 heavy (non-hydrogen) atoms. The number of aromatic nitrogens is 5. The Bertz CT molecular complexity index is 1330. The zero-order valence-electron chi connectivity index (χ0n) is 16.9. The van der Waals surface area contributed by atoms with E-state index in [1.54, 1.807) is 0 Å². The summed E-state index contributed by atoms with van der Waals surface area (Å²) in [7, 11) is 0. The molecule has 0 spiro atoms. The van der Waals surface area contributed by atoms with Crippen molar-refractivity contribution in [3.05, 3.63) is 82.6 Å². The quantitative estimate of drug-likeness (QED) is 0.251. The van der Waals surface area contributed by atoms with Crippen LogP contribution in [-0.2, 0) is 12.1 Å². The molecule has 2 aromatic carbocycles. The van der Waals surface area contributed by atoms with Gasteiger partial charge in [-0.15, -0.1) is 5.10 Å². The molecular weight excluding hydrogens is 475 g/mol. The molecule has 0 bridgehead atoms. The van der Waals surface area contributed by atoms with Gasteiger partial charge in [0.2, 0.25) is 5.82 Å². The van der Waals surface area contributed by atoms with E-state index in [2.05, 4.69) is 20.7 Å². The molecule has 0 amide bonds. The van der Waals surface area contributed by atoms with E-state index in [4.69, 9.17) is 4.52 Å². The number of nitrogens with zero attached hydrogens (tertiary/aromatic N) is 5. The van der Waals surface area contributed by atoms with Gasteiger partial charge in [-0.25, -0.2) is 35.4 Å². The Morgan fingerprint density at radius 1 is 0.971 bits per heavy atom. The minimum atomic E-state index is -2.35. The van der Waals surface area contributed by atoms with Crippen LogP contribution in [0.1, 0.15) is 24.2 Å². The summed E-state index contributed by atoms with van der Waals surface area (Å²) in [6.07, 6.45) is 1.10. The van der Waals surface area contributed by atoms with Crippen LogP contribution in [0.3, 0.4) is 0 Å². The van der Waals surface area contributed by atoms with E-state index in [0.717, 1.165) is 29.2 Å². The van der Waals surface area contributed by atoms with Gasteiger partial charge in [0.1, 0.15) is 35.0 Å². The lowest BCUT2D eigenvalue weighted by Crippen LogP contribution is -2.38. The third-order valence-corrected chi connectivity index (χ3v) is 5.33. The molecule has 0 fully saturated rings. The van der Waals surface area contributed by atoms with E-state index < -0.39 is 75.6 Å². The van der Waals surface area contributed by atoms with Crippen molar-refractivity contribution in [1.29, 1.82) is 0 Å². The number of halogens is 7. The normalized spacial score (nSPS) is 14.3. The topological polar surface area (TPSA) is 89.9 Å². The van der Waals surface area contributed by atoms with Gasteiger partial charge < -0.3 is 9.63 Å². The van der Waals surface area contributed by atoms with Gasteiger partial charge in [-0.3, -0.25) is 0 Å². The third kappa shape index (κ3) is 3.79. The molecule has 4 aromatic rings. The van der Waals surface area contributed by atoms with Gasteiger partial charge in [-0.05, 0) is 16.5 Å². The van der Waals surface area contributed by atoms with Crippen LogP contribution in [0.4, 0.5) is 30.7 Å². The second-order valence-electron chi connectivity index (χ2n) is 7.34. The SMILES string of the molecule is C[C@@H](c1cc(-c2c(F)c(F)c(F)c(F)c2F)no1)[C@](O)(Cn1cnnn1)c1ccc(F)cc1F. The largest absolute Gasteiger partial charge is 0.382 e. The van der Waals surface area contributed by atoms with Crippen molar-refractivity contribution in [2.45, 2.75) is 25.0 Å². The van der Waals surface area contributed by atoms with Gasteiger partial charge in [0.15, 0.2) is 23.3 Å².